The number of piperazine rings is 1. The predicted molar refractivity (Wildman–Crippen MR) is 91.4 cm³/mol. The smallest absolute Gasteiger partial charge is 0.0248 e. The van der Waals surface area contributed by atoms with Crippen LogP contribution in [-0.2, 0) is 13.1 Å². The van der Waals surface area contributed by atoms with E-state index in [9.17, 15) is 0 Å². The second kappa shape index (κ2) is 6.78. The lowest BCUT2D eigenvalue weighted by Crippen LogP contribution is -2.49. The summed E-state index contributed by atoms with van der Waals surface area (Å²) in [6.45, 7) is 7.87. The van der Waals surface area contributed by atoms with Crippen molar-refractivity contribution in [3.8, 4) is 0 Å². The maximum atomic E-state index is 3.76. The highest BCUT2D eigenvalue weighted by atomic mass is 79.9. The van der Waals surface area contributed by atoms with Gasteiger partial charge in [0.2, 0.25) is 0 Å². The van der Waals surface area contributed by atoms with E-state index in [1.54, 1.807) is 0 Å². The first-order valence-corrected chi connectivity index (χ1v) is 8.84. The molecule has 21 heavy (non-hydrogen) atoms. The Labute approximate surface area is 136 Å². The molecule has 1 saturated heterocycles. The molecule has 0 aromatic heterocycles. The normalized spacial score (nSPS) is 24.4. The molecule has 1 atom stereocenters. The fourth-order valence-electron chi connectivity index (χ4n) is 3.01. The van der Waals surface area contributed by atoms with E-state index >= 15 is 0 Å². The van der Waals surface area contributed by atoms with Crippen molar-refractivity contribution in [1.29, 1.82) is 0 Å². The zero-order valence-corrected chi connectivity index (χ0v) is 14.7. The molecule has 1 saturated carbocycles. The van der Waals surface area contributed by atoms with E-state index < -0.39 is 0 Å². The lowest BCUT2D eigenvalue weighted by atomic mass is 10.1. The molecule has 1 aromatic carbocycles. The topological polar surface area (TPSA) is 18.5 Å². The Kier molecular flexibility index (Phi) is 4.99. The summed E-state index contributed by atoms with van der Waals surface area (Å²) in [6.07, 6.45) is 2.70. The summed E-state index contributed by atoms with van der Waals surface area (Å²) in [5.74, 6) is 0. The van der Waals surface area contributed by atoms with E-state index in [1.807, 2.05) is 0 Å². The fraction of sp³-hybridized carbons (Fsp3) is 0.647. The number of nitrogens with zero attached hydrogens (tertiary/aromatic N) is 2. The Balaban J connectivity index is 1.59. The third kappa shape index (κ3) is 4.28. The molecule has 1 aliphatic heterocycles. The molecular formula is C17H26BrN3. The van der Waals surface area contributed by atoms with Crippen molar-refractivity contribution in [2.75, 3.05) is 26.7 Å². The van der Waals surface area contributed by atoms with Crippen LogP contribution >= 0.6 is 15.9 Å². The highest BCUT2D eigenvalue weighted by Crippen LogP contribution is 2.24. The summed E-state index contributed by atoms with van der Waals surface area (Å²) in [5, 5.41) is 3.58. The average molecular weight is 352 g/mol. The van der Waals surface area contributed by atoms with Crippen molar-refractivity contribution in [1.82, 2.24) is 15.1 Å². The number of benzene rings is 1. The molecule has 1 unspecified atom stereocenters. The third-order valence-corrected chi connectivity index (χ3v) is 5.37. The number of likely N-dealkylation sites (N-methyl/N-ethyl adjacent to an activating group) is 1. The molecule has 1 heterocycles. The van der Waals surface area contributed by atoms with E-state index in [1.165, 1.54) is 41.5 Å². The molecule has 3 nitrogen and oxygen atoms in total. The van der Waals surface area contributed by atoms with Gasteiger partial charge in [-0.3, -0.25) is 4.90 Å². The van der Waals surface area contributed by atoms with Crippen LogP contribution < -0.4 is 5.32 Å². The largest absolute Gasteiger partial charge is 0.310 e. The zero-order chi connectivity index (χ0) is 14.8. The lowest BCUT2D eigenvalue weighted by Gasteiger charge is -2.38. The molecule has 1 N–H and O–H groups in total. The van der Waals surface area contributed by atoms with Crippen molar-refractivity contribution < 1.29 is 0 Å². The molecule has 4 heteroatoms. The first-order valence-electron chi connectivity index (χ1n) is 8.05. The zero-order valence-electron chi connectivity index (χ0n) is 13.1. The summed E-state index contributed by atoms with van der Waals surface area (Å²) in [4.78, 5) is 5.01. The Morgan fingerprint density at radius 3 is 2.76 bits per heavy atom. The molecule has 116 valence electrons. The van der Waals surface area contributed by atoms with Crippen LogP contribution in [0.3, 0.4) is 0 Å². The van der Waals surface area contributed by atoms with E-state index in [2.05, 4.69) is 63.2 Å². The van der Waals surface area contributed by atoms with E-state index in [0.717, 1.165) is 25.7 Å². The molecule has 0 spiro atoms. The number of rotatable bonds is 5. The first-order chi connectivity index (χ1) is 10.1. The Morgan fingerprint density at radius 2 is 2.10 bits per heavy atom. The van der Waals surface area contributed by atoms with Gasteiger partial charge in [-0.1, -0.05) is 28.1 Å². The van der Waals surface area contributed by atoms with Gasteiger partial charge in [-0.15, -0.1) is 0 Å². The summed E-state index contributed by atoms with van der Waals surface area (Å²) in [6, 6.07) is 8.25. The minimum Gasteiger partial charge on any atom is -0.310 e. The summed E-state index contributed by atoms with van der Waals surface area (Å²) in [5.41, 5.74) is 2.78. The van der Waals surface area contributed by atoms with Crippen molar-refractivity contribution in [2.24, 2.45) is 0 Å². The third-order valence-electron chi connectivity index (χ3n) is 4.63. The number of nitrogens with one attached hydrogen (secondary N) is 1. The molecule has 2 fully saturated rings. The molecule has 0 bridgehead atoms. The fourth-order valence-corrected chi connectivity index (χ4v) is 3.56. The van der Waals surface area contributed by atoms with Crippen LogP contribution in [-0.4, -0.2) is 48.6 Å². The van der Waals surface area contributed by atoms with E-state index in [-0.39, 0.29) is 0 Å². The summed E-state index contributed by atoms with van der Waals surface area (Å²) in [7, 11) is 2.21. The van der Waals surface area contributed by atoms with E-state index in [4.69, 9.17) is 0 Å². The minimum absolute atomic E-state index is 0.631. The first kappa shape index (κ1) is 15.5. The van der Waals surface area contributed by atoms with Crippen LogP contribution in [0.1, 0.15) is 30.9 Å². The number of halogens is 1. The van der Waals surface area contributed by atoms with Gasteiger partial charge in [0.15, 0.2) is 0 Å². The average Bonchev–Trinajstić information content (AvgIpc) is 3.26. The van der Waals surface area contributed by atoms with Crippen LogP contribution in [0.15, 0.2) is 22.7 Å². The lowest BCUT2D eigenvalue weighted by molar-refractivity contribution is 0.0936. The highest BCUT2D eigenvalue weighted by Gasteiger charge is 2.22. The molecule has 1 aromatic rings. The number of hydrogen-bond acceptors (Lipinski definition) is 3. The van der Waals surface area contributed by atoms with Crippen LogP contribution in [0.4, 0.5) is 0 Å². The van der Waals surface area contributed by atoms with Gasteiger partial charge in [0.1, 0.15) is 0 Å². The van der Waals surface area contributed by atoms with Crippen molar-refractivity contribution in [3.05, 3.63) is 33.8 Å². The van der Waals surface area contributed by atoms with Crippen molar-refractivity contribution in [3.63, 3.8) is 0 Å². The maximum Gasteiger partial charge on any atom is 0.0248 e. The van der Waals surface area contributed by atoms with Gasteiger partial charge in [-0.05, 0) is 44.0 Å². The standard InChI is InChI=1S/C17H26BrN3/c1-13-11-20(2)7-8-21(13)12-15-4-3-14(9-17(15)18)10-19-16-5-6-16/h3-4,9,13,16,19H,5-8,10-12H2,1-2H3. The molecule has 1 aliphatic carbocycles. The van der Waals surface area contributed by atoms with Gasteiger partial charge < -0.3 is 10.2 Å². The number of hydrogen-bond donors (Lipinski definition) is 1. The van der Waals surface area contributed by atoms with Gasteiger partial charge in [0.25, 0.3) is 0 Å². The Morgan fingerprint density at radius 1 is 1.29 bits per heavy atom. The second-order valence-corrected chi connectivity index (χ2v) is 7.52. The van der Waals surface area contributed by atoms with Crippen LogP contribution in [0.25, 0.3) is 0 Å². The van der Waals surface area contributed by atoms with Gasteiger partial charge in [-0.2, -0.15) is 0 Å². The Bertz CT molecular complexity index is 487. The highest BCUT2D eigenvalue weighted by molar-refractivity contribution is 9.10. The quantitative estimate of drug-likeness (QED) is 0.879. The molecule has 3 rings (SSSR count). The molecule has 0 amide bonds. The molecule has 0 radical (unpaired) electrons. The Hall–Kier alpha value is -0.420. The molecular weight excluding hydrogens is 326 g/mol. The predicted octanol–water partition coefficient (Wildman–Crippen LogP) is 2.84. The van der Waals surface area contributed by atoms with Crippen LogP contribution in [0, 0.1) is 0 Å². The summed E-state index contributed by atoms with van der Waals surface area (Å²) < 4.78 is 1.25. The second-order valence-electron chi connectivity index (χ2n) is 6.66. The van der Waals surface area contributed by atoms with Crippen LogP contribution in [0.2, 0.25) is 0 Å². The van der Waals surface area contributed by atoms with Gasteiger partial charge >= 0.3 is 0 Å². The molecule has 2 aliphatic rings. The van der Waals surface area contributed by atoms with Crippen molar-refractivity contribution in [2.45, 2.75) is 44.9 Å². The SMILES string of the molecule is CC1CN(C)CCN1Cc1ccc(CNC2CC2)cc1Br. The van der Waals surface area contributed by atoms with Crippen molar-refractivity contribution >= 4 is 15.9 Å². The van der Waals surface area contributed by atoms with E-state index in [0.29, 0.717) is 6.04 Å². The summed E-state index contributed by atoms with van der Waals surface area (Å²) >= 11 is 3.76. The van der Waals surface area contributed by atoms with Gasteiger partial charge in [0, 0.05) is 49.3 Å². The van der Waals surface area contributed by atoms with Gasteiger partial charge in [0.05, 0.1) is 0 Å². The maximum absolute atomic E-state index is 3.76. The monoisotopic (exact) mass is 351 g/mol. The van der Waals surface area contributed by atoms with Gasteiger partial charge in [-0.25, -0.2) is 0 Å². The van der Waals surface area contributed by atoms with Crippen LogP contribution in [0.5, 0.6) is 0 Å². The minimum atomic E-state index is 0.631.